The monoisotopic (exact) mass is 452 g/mol. The second-order valence-corrected chi connectivity index (χ2v) is 8.20. The number of H-pyrrole nitrogens is 1. The van der Waals surface area contributed by atoms with E-state index in [1.807, 2.05) is 4.72 Å². The molecule has 2 aromatic carbocycles. The van der Waals surface area contributed by atoms with Crippen LogP contribution in [0.4, 0.5) is 17.6 Å². The van der Waals surface area contributed by atoms with E-state index in [4.69, 9.17) is 11.6 Å². The van der Waals surface area contributed by atoms with Gasteiger partial charge in [-0.1, -0.05) is 29.8 Å². The summed E-state index contributed by atoms with van der Waals surface area (Å²) >= 11 is 6.09. The van der Waals surface area contributed by atoms with Crippen molar-refractivity contribution in [1.29, 1.82) is 0 Å². The lowest BCUT2D eigenvalue weighted by Crippen LogP contribution is -2.44. The predicted octanol–water partition coefficient (Wildman–Crippen LogP) is 3.41. The molecular formula is C17H13ClF4N2O4S. The Bertz CT molecular complexity index is 1160. The van der Waals surface area contributed by atoms with Gasteiger partial charge in [-0.05, 0) is 12.1 Å². The number of halogens is 5. The average Bonchev–Trinajstić information content (AvgIpc) is 3.08. The molecule has 1 atom stereocenters. The van der Waals surface area contributed by atoms with Gasteiger partial charge in [-0.2, -0.15) is 13.5 Å². The van der Waals surface area contributed by atoms with Gasteiger partial charge in [0, 0.05) is 28.7 Å². The summed E-state index contributed by atoms with van der Waals surface area (Å²) < 4.78 is 84.3. The van der Waals surface area contributed by atoms with Crippen molar-refractivity contribution in [3.8, 4) is 5.75 Å². The zero-order chi connectivity index (χ0) is 21.4. The number of aromatic amines is 1. The van der Waals surface area contributed by atoms with Gasteiger partial charge in [-0.3, -0.25) is 0 Å². The molecule has 12 heteroatoms. The fraction of sp³-hybridized carbons (Fsp3) is 0.176. The second kappa shape index (κ2) is 7.82. The highest BCUT2D eigenvalue weighted by Gasteiger charge is 2.38. The van der Waals surface area contributed by atoms with Crippen molar-refractivity contribution >= 4 is 32.5 Å². The topological polar surface area (TPSA) is 91.4 Å². The number of hydrogen-bond acceptors (Lipinski definition) is 4. The van der Waals surface area contributed by atoms with E-state index < -0.39 is 51.2 Å². The van der Waals surface area contributed by atoms with Crippen LogP contribution in [0.3, 0.4) is 0 Å². The van der Waals surface area contributed by atoms with Gasteiger partial charge in [0.05, 0.1) is 6.61 Å². The molecule has 156 valence electrons. The number of para-hydroxylation sites is 1. The summed E-state index contributed by atoms with van der Waals surface area (Å²) in [5, 5.41) is 9.93. The van der Waals surface area contributed by atoms with Gasteiger partial charge in [-0.15, -0.1) is 0 Å². The first-order chi connectivity index (χ1) is 13.6. The Morgan fingerprint density at radius 2 is 1.90 bits per heavy atom. The molecule has 3 aromatic rings. The Morgan fingerprint density at radius 1 is 1.21 bits per heavy atom. The third-order valence-electron chi connectivity index (χ3n) is 4.02. The molecule has 0 bridgehead atoms. The maximum Gasteiger partial charge on any atom is 0.387 e. The third-order valence-corrected chi connectivity index (χ3v) is 6.08. The zero-order valence-corrected chi connectivity index (χ0v) is 15.9. The number of fused-ring (bicyclic) bond motifs is 1. The van der Waals surface area contributed by atoms with Crippen LogP contribution < -0.4 is 9.46 Å². The molecule has 0 aliphatic rings. The standard InChI is InChI=1S/C17H13ClF4N2O4S/c18-17(8-25,10-5-12(20)14(6-11(10)19)28-16(21)22)24-29(26,27)15-7-23-13-4-2-1-3-9(13)15/h1-7,16,23-25H,8H2. The molecule has 0 spiro atoms. The van der Waals surface area contributed by atoms with E-state index >= 15 is 0 Å². The Hall–Kier alpha value is -2.34. The van der Waals surface area contributed by atoms with Gasteiger partial charge in [0.2, 0.25) is 10.0 Å². The van der Waals surface area contributed by atoms with Gasteiger partial charge in [0.15, 0.2) is 16.6 Å². The molecule has 1 heterocycles. The molecule has 1 aromatic heterocycles. The number of sulfonamides is 1. The number of hydrogen-bond donors (Lipinski definition) is 3. The minimum absolute atomic E-state index is 0.245. The van der Waals surface area contributed by atoms with E-state index in [-0.39, 0.29) is 11.0 Å². The minimum Gasteiger partial charge on any atom is -0.432 e. The number of alkyl halides is 3. The fourth-order valence-electron chi connectivity index (χ4n) is 2.73. The first kappa shape index (κ1) is 21.4. The highest BCUT2D eigenvalue weighted by Crippen LogP contribution is 2.35. The van der Waals surface area contributed by atoms with Crippen LogP contribution in [0.25, 0.3) is 10.9 Å². The number of aliphatic hydroxyl groups excluding tert-OH is 1. The molecule has 0 aliphatic heterocycles. The van der Waals surface area contributed by atoms with E-state index in [0.29, 0.717) is 17.0 Å². The number of aromatic nitrogens is 1. The summed E-state index contributed by atoms with van der Waals surface area (Å²) in [6.07, 6.45) is 1.16. The summed E-state index contributed by atoms with van der Waals surface area (Å²) in [7, 11) is -4.43. The summed E-state index contributed by atoms with van der Waals surface area (Å²) in [5.41, 5.74) is -0.327. The largest absolute Gasteiger partial charge is 0.432 e. The van der Waals surface area contributed by atoms with Crippen LogP contribution in [0, 0.1) is 11.6 Å². The van der Waals surface area contributed by atoms with Gasteiger partial charge in [0.25, 0.3) is 0 Å². The van der Waals surface area contributed by atoms with Crippen LogP contribution in [-0.4, -0.2) is 31.7 Å². The fourth-order valence-corrected chi connectivity index (χ4v) is 4.57. The van der Waals surface area contributed by atoms with Gasteiger partial charge >= 0.3 is 6.61 Å². The van der Waals surface area contributed by atoms with E-state index in [2.05, 4.69) is 9.72 Å². The van der Waals surface area contributed by atoms with Crippen LogP contribution in [0.1, 0.15) is 5.56 Å². The first-order valence-electron chi connectivity index (χ1n) is 7.91. The molecule has 3 N–H and O–H groups in total. The molecular weight excluding hydrogens is 440 g/mol. The molecule has 3 rings (SSSR count). The summed E-state index contributed by atoms with van der Waals surface area (Å²) in [6.45, 7) is -4.59. The van der Waals surface area contributed by atoms with Crippen molar-refractivity contribution in [3.63, 3.8) is 0 Å². The second-order valence-electron chi connectivity index (χ2n) is 5.90. The van der Waals surface area contributed by atoms with E-state index in [1.165, 1.54) is 6.07 Å². The van der Waals surface area contributed by atoms with Gasteiger partial charge in [0.1, 0.15) is 10.7 Å². The quantitative estimate of drug-likeness (QED) is 0.291. The predicted molar refractivity (Wildman–Crippen MR) is 96.2 cm³/mol. The van der Waals surface area contributed by atoms with Gasteiger partial charge in [-0.25, -0.2) is 17.2 Å². The lowest BCUT2D eigenvalue weighted by atomic mass is 10.1. The Balaban J connectivity index is 2.03. The average molecular weight is 453 g/mol. The van der Waals surface area contributed by atoms with Crippen LogP contribution in [0.15, 0.2) is 47.5 Å². The van der Waals surface area contributed by atoms with Crippen LogP contribution in [0.2, 0.25) is 0 Å². The normalized spacial score (nSPS) is 14.3. The molecule has 1 unspecified atom stereocenters. The third kappa shape index (κ3) is 4.17. The number of benzene rings is 2. The first-order valence-corrected chi connectivity index (χ1v) is 9.78. The lowest BCUT2D eigenvalue weighted by Gasteiger charge is -2.27. The molecule has 0 amide bonds. The summed E-state index contributed by atoms with van der Waals surface area (Å²) in [5.74, 6) is -3.89. The van der Waals surface area contributed by atoms with Crippen LogP contribution in [0.5, 0.6) is 5.75 Å². The SMILES string of the molecule is O=S(=O)(NC(Cl)(CO)c1cc(F)c(OC(F)F)cc1F)c1c[nH]c2ccccc12. The van der Waals surface area contributed by atoms with Crippen molar-refractivity contribution in [2.45, 2.75) is 16.5 Å². The Labute approximate surface area is 167 Å². The highest BCUT2D eigenvalue weighted by molar-refractivity contribution is 7.89. The maximum absolute atomic E-state index is 14.4. The van der Waals surface area contributed by atoms with Crippen molar-refractivity contribution in [2.75, 3.05) is 6.61 Å². The number of aliphatic hydroxyl groups is 1. The molecule has 6 nitrogen and oxygen atoms in total. The Kier molecular flexibility index (Phi) is 5.77. The number of rotatable bonds is 7. The smallest absolute Gasteiger partial charge is 0.387 e. The maximum atomic E-state index is 14.4. The molecule has 0 aliphatic carbocycles. The van der Waals surface area contributed by atoms with Crippen molar-refractivity contribution in [1.82, 2.24) is 9.71 Å². The zero-order valence-electron chi connectivity index (χ0n) is 14.3. The molecule has 0 fully saturated rings. The van der Waals surface area contributed by atoms with Crippen LogP contribution >= 0.6 is 11.6 Å². The minimum atomic E-state index is -4.43. The molecule has 29 heavy (non-hydrogen) atoms. The van der Waals surface area contributed by atoms with Gasteiger partial charge < -0.3 is 14.8 Å². The molecule has 0 saturated carbocycles. The molecule has 0 saturated heterocycles. The molecule has 0 radical (unpaired) electrons. The van der Waals surface area contributed by atoms with Crippen LogP contribution in [-0.2, 0) is 15.0 Å². The van der Waals surface area contributed by atoms with Crippen molar-refractivity contribution < 1.29 is 35.8 Å². The highest BCUT2D eigenvalue weighted by atomic mass is 35.5. The van der Waals surface area contributed by atoms with Crippen molar-refractivity contribution in [3.05, 3.63) is 59.8 Å². The number of ether oxygens (including phenoxy) is 1. The lowest BCUT2D eigenvalue weighted by molar-refractivity contribution is -0.0524. The number of nitrogens with one attached hydrogen (secondary N) is 2. The van der Waals surface area contributed by atoms with E-state index in [1.54, 1.807) is 18.2 Å². The summed E-state index contributed by atoms with van der Waals surface area (Å²) in [6, 6.07) is 7.03. The van der Waals surface area contributed by atoms with E-state index in [9.17, 15) is 31.1 Å². The Morgan fingerprint density at radius 3 is 2.55 bits per heavy atom. The summed E-state index contributed by atoms with van der Waals surface area (Å²) in [4.78, 5) is -0.0300. The van der Waals surface area contributed by atoms with E-state index in [0.717, 1.165) is 6.20 Å². The van der Waals surface area contributed by atoms with Crippen molar-refractivity contribution in [2.24, 2.45) is 0 Å².